The molecule has 2 bridgehead atoms. The van der Waals surface area contributed by atoms with Crippen LogP contribution in [0.3, 0.4) is 0 Å². The molecule has 0 aliphatic carbocycles. The Kier molecular flexibility index (Phi) is 8.57. The molecule has 2 unspecified atom stereocenters. The van der Waals surface area contributed by atoms with Crippen molar-refractivity contribution in [1.82, 2.24) is 15.5 Å². The maximum atomic E-state index is 14.0. The third kappa shape index (κ3) is 6.33. The first-order chi connectivity index (χ1) is 14.9. The van der Waals surface area contributed by atoms with E-state index in [1.807, 2.05) is 0 Å². The molecule has 1 aromatic rings. The van der Waals surface area contributed by atoms with Crippen molar-refractivity contribution in [2.45, 2.75) is 56.7 Å². The molecule has 2 saturated heterocycles. The fraction of sp³-hybridized carbons (Fsp3) is 0.682. The molecule has 2 aliphatic heterocycles. The smallest absolute Gasteiger partial charge is 0.314 e. The van der Waals surface area contributed by atoms with E-state index in [0.29, 0.717) is 37.8 Å². The van der Waals surface area contributed by atoms with Crippen molar-refractivity contribution in [3.05, 3.63) is 35.1 Å². The first-order valence-electron chi connectivity index (χ1n) is 11.0. The lowest BCUT2D eigenvalue weighted by Gasteiger charge is -2.41. The second-order valence-electron chi connectivity index (χ2n) is 8.61. The average molecular weight is 443 g/mol. The highest BCUT2D eigenvalue weighted by Crippen LogP contribution is 2.40. The zero-order valence-electron chi connectivity index (χ0n) is 18.0. The van der Waals surface area contributed by atoms with E-state index >= 15 is 0 Å². The number of methoxy groups -OCH3 is 1. The fourth-order valence-electron chi connectivity index (χ4n) is 4.96. The van der Waals surface area contributed by atoms with Gasteiger partial charge >= 0.3 is 6.03 Å². The number of hydrogen-bond donors (Lipinski definition) is 3. The standard InChI is InChI=1S/C22H33F3N4O2/c1-31-8-6-28-22(30)27-5-2-7-29-16-3-4-17(29)10-15(9-16)21(26)12-14-11-19(24)20(25)13-18(14)23/h11,13,15-17,21H,2-10,12,26H2,1H3,(H2,27,28,30)/t15?,16-,17+,21?. The normalized spacial score (nSPS) is 24.2. The predicted octanol–water partition coefficient (Wildman–Crippen LogP) is 2.55. The Hall–Kier alpha value is -1.84. The number of urea groups is 1. The van der Waals surface area contributed by atoms with Crippen LogP contribution < -0.4 is 16.4 Å². The number of piperidine rings is 1. The number of fused-ring (bicyclic) bond motifs is 2. The third-order valence-electron chi connectivity index (χ3n) is 6.54. The molecule has 2 heterocycles. The van der Waals surface area contributed by atoms with E-state index in [0.717, 1.165) is 44.7 Å². The molecule has 0 saturated carbocycles. The lowest BCUT2D eigenvalue weighted by molar-refractivity contribution is 0.0919. The molecule has 4 atom stereocenters. The number of nitrogens with two attached hydrogens (primary N) is 1. The summed E-state index contributed by atoms with van der Waals surface area (Å²) in [5, 5.41) is 5.58. The maximum absolute atomic E-state index is 14.0. The van der Waals surface area contributed by atoms with Crippen molar-refractivity contribution in [3.8, 4) is 0 Å². The van der Waals surface area contributed by atoms with Crippen LogP contribution in [-0.4, -0.2) is 62.4 Å². The number of rotatable bonds is 10. The Morgan fingerprint density at radius 1 is 1.13 bits per heavy atom. The minimum atomic E-state index is -1.18. The minimum Gasteiger partial charge on any atom is -0.383 e. The van der Waals surface area contributed by atoms with Gasteiger partial charge in [-0.2, -0.15) is 0 Å². The molecular weight excluding hydrogens is 409 g/mol. The van der Waals surface area contributed by atoms with Crippen LogP contribution in [0.4, 0.5) is 18.0 Å². The van der Waals surface area contributed by atoms with Crippen LogP contribution >= 0.6 is 0 Å². The number of halogens is 3. The monoisotopic (exact) mass is 442 g/mol. The molecule has 2 fully saturated rings. The van der Waals surface area contributed by atoms with Crippen LogP contribution in [0.15, 0.2) is 12.1 Å². The minimum absolute atomic E-state index is 0.135. The van der Waals surface area contributed by atoms with Crippen molar-refractivity contribution < 1.29 is 22.7 Å². The summed E-state index contributed by atoms with van der Waals surface area (Å²) < 4.78 is 45.5. The molecule has 0 spiro atoms. The van der Waals surface area contributed by atoms with E-state index in [9.17, 15) is 18.0 Å². The van der Waals surface area contributed by atoms with Crippen molar-refractivity contribution in [2.24, 2.45) is 11.7 Å². The SMILES string of the molecule is COCCNC(=O)NCCCN1[C@@H]2CC[C@H]1CC(C(N)Cc1cc(F)c(F)cc1F)C2. The van der Waals surface area contributed by atoms with Crippen LogP contribution in [0.2, 0.25) is 0 Å². The molecule has 4 N–H and O–H groups in total. The van der Waals surface area contributed by atoms with E-state index in [1.54, 1.807) is 7.11 Å². The number of ether oxygens (including phenoxy) is 1. The average Bonchev–Trinajstić information content (AvgIpc) is 2.96. The zero-order chi connectivity index (χ0) is 22.4. The summed E-state index contributed by atoms with van der Waals surface area (Å²) in [6.45, 7) is 2.48. The molecule has 6 nitrogen and oxygen atoms in total. The van der Waals surface area contributed by atoms with Crippen LogP contribution in [0.25, 0.3) is 0 Å². The fourth-order valence-corrected chi connectivity index (χ4v) is 4.96. The highest BCUT2D eigenvalue weighted by atomic mass is 19.2. The summed E-state index contributed by atoms with van der Waals surface area (Å²) in [4.78, 5) is 14.2. The lowest BCUT2D eigenvalue weighted by Crippen LogP contribution is -2.48. The Balaban J connectivity index is 1.43. The summed E-state index contributed by atoms with van der Waals surface area (Å²) in [5.41, 5.74) is 6.51. The molecule has 2 amide bonds. The summed E-state index contributed by atoms with van der Waals surface area (Å²) in [5.74, 6) is -2.73. The van der Waals surface area contributed by atoms with Gasteiger partial charge in [-0.25, -0.2) is 18.0 Å². The highest BCUT2D eigenvalue weighted by molar-refractivity contribution is 5.73. The zero-order valence-corrected chi connectivity index (χ0v) is 18.0. The van der Waals surface area contributed by atoms with Gasteiger partial charge < -0.3 is 21.1 Å². The van der Waals surface area contributed by atoms with Gasteiger partial charge in [-0.3, -0.25) is 4.90 Å². The van der Waals surface area contributed by atoms with Gasteiger partial charge in [0.25, 0.3) is 0 Å². The van der Waals surface area contributed by atoms with Gasteiger partial charge in [-0.15, -0.1) is 0 Å². The number of amides is 2. The van der Waals surface area contributed by atoms with Crippen molar-refractivity contribution >= 4 is 6.03 Å². The predicted molar refractivity (Wildman–Crippen MR) is 112 cm³/mol. The van der Waals surface area contributed by atoms with Crippen LogP contribution in [-0.2, 0) is 11.2 Å². The molecule has 0 radical (unpaired) electrons. The molecule has 174 valence electrons. The van der Waals surface area contributed by atoms with Gasteiger partial charge in [0.05, 0.1) is 6.61 Å². The van der Waals surface area contributed by atoms with E-state index in [2.05, 4.69) is 15.5 Å². The largest absolute Gasteiger partial charge is 0.383 e. The summed E-state index contributed by atoms with van der Waals surface area (Å²) in [7, 11) is 1.59. The number of benzene rings is 1. The van der Waals surface area contributed by atoms with Crippen LogP contribution in [0.1, 0.15) is 37.7 Å². The Bertz CT molecular complexity index is 738. The van der Waals surface area contributed by atoms with Gasteiger partial charge in [0.2, 0.25) is 0 Å². The number of nitrogens with zero attached hydrogens (tertiary/aromatic N) is 1. The molecule has 9 heteroatoms. The van der Waals surface area contributed by atoms with E-state index in [4.69, 9.17) is 10.5 Å². The molecule has 1 aromatic carbocycles. The van der Waals surface area contributed by atoms with Gasteiger partial charge in [0, 0.05) is 50.9 Å². The summed E-state index contributed by atoms with van der Waals surface area (Å²) >= 11 is 0. The number of carbonyl (C=O) groups is 1. The van der Waals surface area contributed by atoms with Gasteiger partial charge in [-0.05, 0) is 56.1 Å². The van der Waals surface area contributed by atoms with E-state index in [1.165, 1.54) is 0 Å². The molecule has 31 heavy (non-hydrogen) atoms. The maximum Gasteiger partial charge on any atom is 0.314 e. The van der Waals surface area contributed by atoms with E-state index in [-0.39, 0.29) is 30.0 Å². The summed E-state index contributed by atoms with van der Waals surface area (Å²) in [6.07, 6.45) is 5.13. The second-order valence-corrected chi connectivity index (χ2v) is 8.61. The molecular formula is C22H33F3N4O2. The Labute approximate surface area is 181 Å². The summed E-state index contributed by atoms with van der Waals surface area (Å²) in [6, 6.07) is 1.90. The second kappa shape index (κ2) is 11.2. The molecule has 0 aromatic heterocycles. The molecule has 2 aliphatic rings. The topological polar surface area (TPSA) is 79.6 Å². The van der Waals surface area contributed by atoms with Crippen LogP contribution in [0, 0.1) is 23.4 Å². The van der Waals surface area contributed by atoms with E-state index < -0.39 is 17.5 Å². The number of nitrogens with one attached hydrogen (secondary N) is 2. The highest BCUT2D eigenvalue weighted by Gasteiger charge is 2.41. The quantitative estimate of drug-likeness (QED) is 0.384. The van der Waals surface area contributed by atoms with Crippen molar-refractivity contribution in [2.75, 3.05) is 33.4 Å². The van der Waals surface area contributed by atoms with Crippen molar-refractivity contribution in [1.29, 1.82) is 0 Å². The third-order valence-corrected chi connectivity index (χ3v) is 6.54. The molecule has 3 rings (SSSR count). The van der Waals surface area contributed by atoms with Crippen molar-refractivity contribution in [3.63, 3.8) is 0 Å². The van der Waals surface area contributed by atoms with Gasteiger partial charge in [0.15, 0.2) is 11.6 Å². The number of carbonyl (C=O) groups excluding carboxylic acids is 1. The Morgan fingerprint density at radius 2 is 1.77 bits per heavy atom. The number of hydrogen-bond acceptors (Lipinski definition) is 4. The van der Waals surface area contributed by atoms with Gasteiger partial charge in [0.1, 0.15) is 5.82 Å². The van der Waals surface area contributed by atoms with Gasteiger partial charge in [-0.1, -0.05) is 0 Å². The first kappa shape index (κ1) is 23.8. The lowest BCUT2D eigenvalue weighted by atomic mass is 9.82. The first-order valence-corrected chi connectivity index (χ1v) is 11.0. The van der Waals surface area contributed by atoms with Crippen LogP contribution in [0.5, 0.6) is 0 Å². The Morgan fingerprint density at radius 3 is 2.45 bits per heavy atom.